The highest BCUT2D eigenvalue weighted by Gasteiger charge is 2.15. The molecule has 0 saturated heterocycles. The van der Waals surface area contributed by atoms with E-state index in [1.807, 2.05) is 0 Å². The molecule has 1 aromatic rings. The largest absolute Gasteiger partial charge is 0.477 e. The van der Waals surface area contributed by atoms with Gasteiger partial charge in [0.05, 0.1) is 4.88 Å². The first-order chi connectivity index (χ1) is 10.2. The minimum absolute atomic E-state index is 0.122. The lowest BCUT2D eigenvalue weighted by Gasteiger charge is -2.19. The van der Waals surface area contributed by atoms with Crippen molar-refractivity contribution in [3.05, 3.63) is 21.9 Å². The van der Waals surface area contributed by atoms with Gasteiger partial charge in [0.15, 0.2) is 0 Å². The van der Waals surface area contributed by atoms with Crippen LogP contribution < -0.4 is 10.6 Å². The molecule has 0 aliphatic rings. The van der Waals surface area contributed by atoms with Gasteiger partial charge in [0.1, 0.15) is 10.5 Å². The fourth-order valence-corrected chi connectivity index (χ4v) is 2.22. The van der Waals surface area contributed by atoms with Crippen molar-refractivity contribution in [2.45, 2.75) is 32.8 Å². The van der Waals surface area contributed by atoms with Gasteiger partial charge in [-0.2, -0.15) is 0 Å². The van der Waals surface area contributed by atoms with Gasteiger partial charge in [0, 0.05) is 13.1 Å². The third kappa shape index (κ3) is 6.57. The number of carboxylic acids is 1. The van der Waals surface area contributed by atoms with Crippen molar-refractivity contribution in [2.75, 3.05) is 13.1 Å². The number of hydrogen-bond donors (Lipinski definition) is 3. The summed E-state index contributed by atoms with van der Waals surface area (Å²) in [7, 11) is 0. The highest BCUT2D eigenvalue weighted by atomic mass is 32.1. The van der Waals surface area contributed by atoms with Gasteiger partial charge in [0.2, 0.25) is 0 Å². The number of hydrogen-bond acceptors (Lipinski definition) is 5. The fourth-order valence-electron chi connectivity index (χ4n) is 1.46. The average Bonchev–Trinajstić information content (AvgIpc) is 2.85. The molecule has 7 nitrogen and oxygen atoms in total. The molecule has 1 rings (SSSR count). The molecule has 0 aromatic carbocycles. The molecule has 1 heterocycles. The monoisotopic (exact) mass is 328 g/mol. The molecular weight excluding hydrogens is 308 g/mol. The summed E-state index contributed by atoms with van der Waals surface area (Å²) in [4.78, 5) is 34.3. The average molecular weight is 328 g/mol. The molecule has 0 radical (unpaired) electrons. The van der Waals surface area contributed by atoms with E-state index >= 15 is 0 Å². The van der Waals surface area contributed by atoms with Gasteiger partial charge in [-0.05, 0) is 39.3 Å². The molecule has 22 heavy (non-hydrogen) atoms. The Morgan fingerprint density at radius 3 is 2.27 bits per heavy atom. The van der Waals surface area contributed by atoms with Crippen molar-refractivity contribution in [3.63, 3.8) is 0 Å². The smallest absolute Gasteiger partial charge is 0.407 e. The lowest BCUT2D eigenvalue weighted by molar-refractivity contribution is 0.0527. The van der Waals surface area contributed by atoms with Crippen LogP contribution in [0.1, 0.15) is 46.5 Å². The number of ether oxygens (including phenoxy) is 1. The van der Waals surface area contributed by atoms with E-state index in [0.29, 0.717) is 24.4 Å². The SMILES string of the molecule is CC(C)(C)OC(=O)NCCCNC(=O)c1ccc(C(=O)O)s1. The zero-order valence-corrected chi connectivity index (χ0v) is 13.6. The predicted octanol–water partition coefficient (Wildman–Crippen LogP) is 2.09. The fraction of sp³-hybridized carbons (Fsp3) is 0.500. The molecule has 0 unspecified atom stereocenters. The summed E-state index contributed by atoms with van der Waals surface area (Å²) in [5.41, 5.74) is -0.542. The molecule has 0 aliphatic carbocycles. The summed E-state index contributed by atoms with van der Waals surface area (Å²) < 4.78 is 5.07. The van der Waals surface area contributed by atoms with Crippen LogP contribution in [-0.4, -0.2) is 41.8 Å². The molecule has 0 spiro atoms. The number of thiophene rings is 1. The first-order valence-electron chi connectivity index (χ1n) is 6.77. The van der Waals surface area contributed by atoms with Gasteiger partial charge in [-0.25, -0.2) is 9.59 Å². The molecule has 0 fully saturated rings. The van der Waals surface area contributed by atoms with Gasteiger partial charge in [-0.15, -0.1) is 11.3 Å². The molecule has 1 aromatic heterocycles. The van der Waals surface area contributed by atoms with E-state index < -0.39 is 17.7 Å². The minimum Gasteiger partial charge on any atom is -0.477 e. The second kappa shape index (κ2) is 7.79. The predicted molar refractivity (Wildman–Crippen MR) is 82.5 cm³/mol. The molecule has 0 atom stereocenters. The van der Waals surface area contributed by atoms with Crippen molar-refractivity contribution in [1.82, 2.24) is 10.6 Å². The summed E-state index contributed by atoms with van der Waals surface area (Å²) in [5.74, 6) is -1.37. The molecule has 0 saturated carbocycles. The highest BCUT2D eigenvalue weighted by molar-refractivity contribution is 7.15. The minimum atomic E-state index is -1.05. The van der Waals surface area contributed by atoms with Crippen molar-refractivity contribution in [3.8, 4) is 0 Å². The van der Waals surface area contributed by atoms with Crippen LogP contribution in [0.3, 0.4) is 0 Å². The van der Waals surface area contributed by atoms with Crippen LogP contribution in [0.5, 0.6) is 0 Å². The normalized spacial score (nSPS) is 10.9. The summed E-state index contributed by atoms with van der Waals surface area (Å²) in [5, 5.41) is 14.0. The first kappa shape index (κ1) is 18.0. The molecule has 0 aliphatic heterocycles. The quantitative estimate of drug-likeness (QED) is 0.694. The Morgan fingerprint density at radius 2 is 1.73 bits per heavy atom. The lowest BCUT2D eigenvalue weighted by atomic mass is 10.2. The molecule has 3 N–H and O–H groups in total. The molecule has 122 valence electrons. The maximum Gasteiger partial charge on any atom is 0.407 e. The van der Waals surface area contributed by atoms with Gasteiger partial charge in [0.25, 0.3) is 5.91 Å². The van der Waals surface area contributed by atoms with Crippen LogP contribution in [0.4, 0.5) is 4.79 Å². The Hall–Kier alpha value is -2.09. The Balaban J connectivity index is 2.22. The van der Waals surface area contributed by atoms with Crippen molar-refractivity contribution >= 4 is 29.3 Å². The van der Waals surface area contributed by atoms with Crippen LogP contribution in [0.2, 0.25) is 0 Å². The van der Waals surface area contributed by atoms with Crippen LogP contribution in [0.15, 0.2) is 12.1 Å². The van der Waals surface area contributed by atoms with E-state index in [2.05, 4.69) is 10.6 Å². The number of aromatic carboxylic acids is 1. The summed E-state index contributed by atoms with van der Waals surface area (Å²) >= 11 is 0.923. The number of carboxylic acid groups (broad SMARTS) is 1. The summed E-state index contributed by atoms with van der Waals surface area (Å²) in [6.45, 7) is 6.08. The molecular formula is C14H20N2O5S. The third-order valence-corrected chi connectivity index (χ3v) is 3.42. The van der Waals surface area contributed by atoms with E-state index in [4.69, 9.17) is 9.84 Å². The first-order valence-corrected chi connectivity index (χ1v) is 7.59. The van der Waals surface area contributed by atoms with Gasteiger partial charge in [-0.3, -0.25) is 4.79 Å². The maximum absolute atomic E-state index is 11.8. The van der Waals surface area contributed by atoms with Crippen LogP contribution in [0.25, 0.3) is 0 Å². The Morgan fingerprint density at radius 1 is 1.14 bits per heavy atom. The number of rotatable bonds is 6. The van der Waals surface area contributed by atoms with Gasteiger partial charge >= 0.3 is 12.1 Å². The Labute approximate surface area is 132 Å². The number of carbonyl (C=O) groups is 3. The number of carbonyl (C=O) groups excluding carboxylic acids is 2. The second-order valence-electron chi connectivity index (χ2n) is 5.51. The van der Waals surface area contributed by atoms with E-state index in [1.54, 1.807) is 20.8 Å². The number of alkyl carbamates (subject to hydrolysis) is 1. The van der Waals surface area contributed by atoms with Crippen LogP contribution in [0, 0.1) is 0 Å². The Bertz CT molecular complexity index is 548. The molecule has 2 amide bonds. The summed E-state index contributed by atoms with van der Waals surface area (Å²) in [6.07, 6.45) is 0.0467. The third-order valence-electron chi connectivity index (χ3n) is 2.35. The summed E-state index contributed by atoms with van der Waals surface area (Å²) in [6, 6.07) is 2.87. The zero-order valence-electron chi connectivity index (χ0n) is 12.8. The van der Waals surface area contributed by atoms with E-state index in [9.17, 15) is 14.4 Å². The Kier molecular flexibility index (Phi) is 6.36. The highest BCUT2D eigenvalue weighted by Crippen LogP contribution is 2.16. The molecule has 8 heteroatoms. The number of nitrogens with one attached hydrogen (secondary N) is 2. The van der Waals surface area contributed by atoms with E-state index in [1.165, 1.54) is 12.1 Å². The van der Waals surface area contributed by atoms with Crippen molar-refractivity contribution < 1.29 is 24.2 Å². The number of amides is 2. The second-order valence-corrected chi connectivity index (χ2v) is 6.59. The van der Waals surface area contributed by atoms with Gasteiger partial charge in [-0.1, -0.05) is 0 Å². The van der Waals surface area contributed by atoms with E-state index in [0.717, 1.165) is 11.3 Å². The van der Waals surface area contributed by atoms with Crippen LogP contribution in [-0.2, 0) is 4.74 Å². The zero-order chi connectivity index (χ0) is 16.8. The van der Waals surface area contributed by atoms with Gasteiger partial charge < -0.3 is 20.5 Å². The van der Waals surface area contributed by atoms with E-state index in [-0.39, 0.29) is 10.8 Å². The molecule has 0 bridgehead atoms. The van der Waals surface area contributed by atoms with Crippen molar-refractivity contribution in [1.29, 1.82) is 0 Å². The topological polar surface area (TPSA) is 105 Å². The maximum atomic E-state index is 11.8. The van der Waals surface area contributed by atoms with Crippen LogP contribution >= 0.6 is 11.3 Å². The van der Waals surface area contributed by atoms with Crippen molar-refractivity contribution in [2.24, 2.45) is 0 Å². The lowest BCUT2D eigenvalue weighted by Crippen LogP contribution is -2.34. The standard InChI is InChI=1S/C14H20N2O5S/c1-14(2,3)21-13(20)16-8-4-7-15-11(17)9-5-6-10(22-9)12(18)19/h5-6H,4,7-8H2,1-3H3,(H,15,17)(H,16,20)(H,18,19).